The van der Waals surface area contributed by atoms with Crippen molar-refractivity contribution in [2.75, 3.05) is 11.1 Å². The fourth-order valence-electron chi connectivity index (χ4n) is 4.07. The minimum Gasteiger partial charge on any atom is -0.383 e. The molecule has 0 unspecified atom stereocenters. The molecule has 1 aromatic carbocycles. The number of nitrogen functional groups attached to an aromatic ring is 1. The summed E-state index contributed by atoms with van der Waals surface area (Å²) in [6.45, 7) is 7.87. The average Bonchev–Trinajstić information content (AvgIpc) is 3.31. The molecule has 12 heteroatoms. The van der Waals surface area contributed by atoms with Crippen LogP contribution in [0.4, 0.5) is 11.5 Å². The van der Waals surface area contributed by atoms with Gasteiger partial charge in [-0.15, -0.1) is 0 Å². The van der Waals surface area contributed by atoms with E-state index in [9.17, 15) is 9.59 Å². The van der Waals surface area contributed by atoms with Gasteiger partial charge < -0.3 is 11.1 Å². The summed E-state index contributed by atoms with van der Waals surface area (Å²) in [5, 5.41) is 13.0. The first-order valence-corrected chi connectivity index (χ1v) is 12.7. The number of fused-ring (bicyclic) bond motifs is 1. The highest BCUT2D eigenvalue weighted by Gasteiger charge is 2.20. The lowest BCUT2D eigenvalue weighted by Crippen LogP contribution is -2.31. The van der Waals surface area contributed by atoms with Gasteiger partial charge >= 0.3 is 0 Å². The second kappa shape index (κ2) is 10.3. The topological polar surface area (TPSA) is 146 Å². The number of nitrogens with zero attached hydrogens (tertiary/aromatic N) is 7. The molecule has 0 saturated carbocycles. The lowest BCUT2D eigenvalue weighted by Gasteiger charge is -2.12. The Bertz CT molecular complexity index is 1740. The number of rotatable bonds is 6. The van der Waals surface area contributed by atoms with Crippen LogP contribution in [0, 0.1) is 0 Å². The lowest BCUT2D eigenvalue weighted by atomic mass is 10.1. The van der Waals surface area contributed by atoms with E-state index in [-0.39, 0.29) is 23.3 Å². The molecule has 39 heavy (non-hydrogen) atoms. The molecule has 0 radical (unpaired) electrons. The third kappa shape index (κ3) is 4.96. The number of hydrogen-bond donors (Lipinski definition) is 2. The smallest absolute Gasteiger partial charge is 0.285 e. The van der Waals surface area contributed by atoms with Crippen LogP contribution in [0.2, 0.25) is 5.02 Å². The Labute approximate surface area is 228 Å². The van der Waals surface area contributed by atoms with Crippen molar-refractivity contribution in [2.24, 2.45) is 0 Å². The van der Waals surface area contributed by atoms with Crippen LogP contribution in [0.25, 0.3) is 28.1 Å². The van der Waals surface area contributed by atoms with E-state index in [0.29, 0.717) is 38.9 Å². The number of anilines is 2. The maximum atomic E-state index is 13.3. The molecule has 198 valence electrons. The standard InChI is InChI=1S/C27H26ClN9O2/c1-14(2)20-11-19(27(39)37(34-20)21-10-7-17(28)12-30-21)26(38)33-18-8-5-16(6-9-18)23-22-24(29)31-13-32-25(22)36(35-23)15(3)4/h5-15H,1-4H3,(H,33,38)(H2,29,31,32). The molecule has 0 atom stereocenters. The summed E-state index contributed by atoms with van der Waals surface area (Å²) in [6, 6.07) is 11.9. The third-order valence-electron chi connectivity index (χ3n) is 6.12. The molecule has 3 N–H and O–H groups in total. The number of pyridine rings is 1. The SMILES string of the molecule is CC(C)c1cc(C(=O)Nc2ccc(-c3nn(C(C)C)c4ncnc(N)c34)cc2)c(=O)n(-c2ccc(Cl)cn2)n1. The maximum absolute atomic E-state index is 13.3. The highest BCUT2D eigenvalue weighted by Crippen LogP contribution is 2.32. The van der Waals surface area contributed by atoms with Crippen LogP contribution >= 0.6 is 11.6 Å². The van der Waals surface area contributed by atoms with Crippen molar-refractivity contribution in [1.29, 1.82) is 0 Å². The van der Waals surface area contributed by atoms with Gasteiger partial charge in [0, 0.05) is 23.5 Å². The Morgan fingerprint density at radius 1 is 1.00 bits per heavy atom. The van der Waals surface area contributed by atoms with Gasteiger partial charge in [-0.2, -0.15) is 14.9 Å². The van der Waals surface area contributed by atoms with E-state index in [4.69, 9.17) is 22.4 Å². The number of amides is 1. The Hall–Kier alpha value is -4.64. The van der Waals surface area contributed by atoms with Crippen molar-refractivity contribution in [2.45, 2.75) is 39.7 Å². The monoisotopic (exact) mass is 543 g/mol. The molecule has 4 aromatic heterocycles. The zero-order valence-corrected chi connectivity index (χ0v) is 22.5. The summed E-state index contributed by atoms with van der Waals surface area (Å²) in [5.41, 5.74) is 8.66. The van der Waals surface area contributed by atoms with Crippen LogP contribution in [0.1, 0.15) is 55.7 Å². The summed E-state index contributed by atoms with van der Waals surface area (Å²) in [6.07, 6.45) is 2.84. The van der Waals surface area contributed by atoms with Gasteiger partial charge in [-0.25, -0.2) is 19.6 Å². The van der Waals surface area contributed by atoms with Crippen LogP contribution in [0.15, 0.2) is 59.8 Å². The predicted molar refractivity (Wildman–Crippen MR) is 150 cm³/mol. The maximum Gasteiger partial charge on any atom is 0.285 e. The summed E-state index contributed by atoms with van der Waals surface area (Å²) in [5.74, 6) is 0.00445. The molecule has 1 amide bonds. The van der Waals surface area contributed by atoms with Crippen LogP contribution in [-0.4, -0.2) is 40.4 Å². The van der Waals surface area contributed by atoms with Crippen molar-refractivity contribution in [3.05, 3.63) is 81.6 Å². The summed E-state index contributed by atoms with van der Waals surface area (Å²) in [4.78, 5) is 39.2. The summed E-state index contributed by atoms with van der Waals surface area (Å²) >= 11 is 5.94. The van der Waals surface area contributed by atoms with Gasteiger partial charge in [-0.1, -0.05) is 37.6 Å². The second-order valence-corrected chi connectivity index (χ2v) is 10.0. The number of benzene rings is 1. The van der Waals surface area contributed by atoms with Crippen LogP contribution < -0.4 is 16.6 Å². The van der Waals surface area contributed by atoms with E-state index in [1.807, 2.05) is 39.8 Å². The molecule has 0 spiro atoms. The summed E-state index contributed by atoms with van der Waals surface area (Å²) in [7, 11) is 0. The Morgan fingerprint density at radius 3 is 2.38 bits per heavy atom. The largest absolute Gasteiger partial charge is 0.383 e. The Balaban J connectivity index is 1.48. The Morgan fingerprint density at radius 2 is 1.74 bits per heavy atom. The fraction of sp³-hybridized carbons (Fsp3) is 0.222. The number of nitrogens with one attached hydrogen (secondary N) is 1. The molecule has 0 fully saturated rings. The first-order chi connectivity index (χ1) is 18.6. The first kappa shape index (κ1) is 26.0. The molecule has 0 aliphatic carbocycles. The van der Waals surface area contributed by atoms with Crippen LogP contribution in [0.3, 0.4) is 0 Å². The molecule has 0 bridgehead atoms. The van der Waals surface area contributed by atoms with Crippen molar-refractivity contribution in [3.8, 4) is 17.1 Å². The van der Waals surface area contributed by atoms with Gasteiger partial charge in [-0.3, -0.25) is 9.59 Å². The van der Waals surface area contributed by atoms with Gasteiger partial charge in [0.15, 0.2) is 11.5 Å². The van der Waals surface area contributed by atoms with Crippen molar-refractivity contribution < 1.29 is 4.79 Å². The first-order valence-electron chi connectivity index (χ1n) is 12.3. The van der Waals surface area contributed by atoms with Gasteiger partial charge in [0.25, 0.3) is 11.5 Å². The number of nitrogens with two attached hydrogens (primary N) is 1. The van der Waals surface area contributed by atoms with E-state index in [1.54, 1.807) is 28.9 Å². The van der Waals surface area contributed by atoms with E-state index in [1.165, 1.54) is 18.6 Å². The van der Waals surface area contributed by atoms with Crippen LogP contribution in [0.5, 0.6) is 0 Å². The molecule has 0 aliphatic heterocycles. The van der Waals surface area contributed by atoms with Crippen molar-refractivity contribution >= 4 is 40.0 Å². The molecular weight excluding hydrogens is 518 g/mol. The molecule has 4 heterocycles. The minimum atomic E-state index is -0.593. The van der Waals surface area contributed by atoms with Crippen molar-refractivity contribution in [3.63, 3.8) is 0 Å². The van der Waals surface area contributed by atoms with Crippen molar-refractivity contribution in [1.82, 2.24) is 34.5 Å². The predicted octanol–water partition coefficient (Wildman–Crippen LogP) is 4.63. The summed E-state index contributed by atoms with van der Waals surface area (Å²) < 4.78 is 2.92. The second-order valence-electron chi connectivity index (χ2n) is 9.57. The highest BCUT2D eigenvalue weighted by atomic mass is 35.5. The van der Waals surface area contributed by atoms with E-state index in [0.717, 1.165) is 10.2 Å². The molecule has 0 aliphatic rings. The van der Waals surface area contributed by atoms with Gasteiger partial charge in [0.1, 0.15) is 23.4 Å². The highest BCUT2D eigenvalue weighted by molar-refractivity contribution is 6.30. The lowest BCUT2D eigenvalue weighted by molar-refractivity contribution is 0.102. The minimum absolute atomic E-state index is 0.0353. The number of hydrogen-bond acceptors (Lipinski definition) is 8. The zero-order valence-electron chi connectivity index (χ0n) is 21.8. The molecule has 11 nitrogen and oxygen atoms in total. The molecule has 5 rings (SSSR count). The van der Waals surface area contributed by atoms with Gasteiger partial charge in [0.05, 0.1) is 16.1 Å². The fourth-order valence-corrected chi connectivity index (χ4v) is 4.19. The number of carbonyl (C=O) groups excluding carboxylic acids is 1. The van der Waals surface area contributed by atoms with E-state index in [2.05, 4.69) is 25.4 Å². The quantitative estimate of drug-likeness (QED) is 0.315. The normalized spacial score (nSPS) is 11.5. The van der Waals surface area contributed by atoms with E-state index >= 15 is 0 Å². The number of aromatic nitrogens is 7. The third-order valence-corrected chi connectivity index (χ3v) is 6.34. The molecule has 5 aromatic rings. The van der Waals surface area contributed by atoms with Crippen LogP contribution in [-0.2, 0) is 0 Å². The molecule has 0 saturated heterocycles. The number of carbonyl (C=O) groups is 1. The number of halogens is 1. The van der Waals surface area contributed by atoms with Gasteiger partial charge in [0.2, 0.25) is 0 Å². The van der Waals surface area contributed by atoms with E-state index < -0.39 is 11.5 Å². The average molecular weight is 544 g/mol. The Kier molecular flexibility index (Phi) is 6.83. The zero-order chi connectivity index (χ0) is 27.8. The van der Waals surface area contributed by atoms with Gasteiger partial charge in [-0.05, 0) is 50.1 Å². The molecular formula is C27H26ClN9O2.